The number of nitrogens with one attached hydrogen (secondary N) is 1. The zero-order valence-electron chi connectivity index (χ0n) is 14.5. The highest BCUT2D eigenvalue weighted by Gasteiger charge is 2.15. The Hall–Kier alpha value is -2.76. The molecule has 0 bridgehead atoms. The summed E-state index contributed by atoms with van der Waals surface area (Å²) < 4.78 is 29.3. The van der Waals surface area contributed by atoms with Gasteiger partial charge in [-0.2, -0.15) is 0 Å². The summed E-state index contributed by atoms with van der Waals surface area (Å²) in [5, 5.41) is 2.87. The van der Waals surface area contributed by atoms with Crippen LogP contribution in [-0.4, -0.2) is 26.7 Å². The Bertz CT molecular complexity index is 720. The Kier molecular flexibility index (Phi) is 6.62. The number of para-hydroxylation sites is 1. The molecule has 2 aromatic carbocycles. The Morgan fingerprint density at radius 1 is 1.12 bits per heavy atom. The van der Waals surface area contributed by atoms with Gasteiger partial charge < -0.3 is 19.5 Å². The minimum Gasteiger partial charge on any atom is -0.497 e. The van der Waals surface area contributed by atoms with Crippen LogP contribution >= 0.6 is 0 Å². The first-order chi connectivity index (χ1) is 12.0. The van der Waals surface area contributed by atoms with Crippen LogP contribution in [0.25, 0.3) is 0 Å². The normalized spacial score (nSPS) is 11.5. The number of ether oxygens (including phenoxy) is 3. The van der Waals surface area contributed by atoms with Crippen molar-refractivity contribution in [2.24, 2.45) is 0 Å². The molecule has 0 aromatic heterocycles. The number of halogens is 1. The van der Waals surface area contributed by atoms with Gasteiger partial charge >= 0.3 is 0 Å². The molecule has 0 spiro atoms. The third-order valence-electron chi connectivity index (χ3n) is 3.70. The van der Waals surface area contributed by atoms with Crippen LogP contribution in [0.2, 0.25) is 0 Å². The van der Waals surface area contributed by atoms with E-state index in [2.05, 4.69) is 5.32 Å². The first kappa shape index (κ1) is 18.6. The van der Waals surface area contributed by atoms with Crippen molar-refractivity contribution in [1.82, 2.24) is 5.32 Å². The second-order valence-corrected chi connectivity index (χ2v) is 5.43. The van der Waals surface area contributed by atoms with Gasteiger partial charge in [0.15, 0.2) is 11.6 Å². The molecule has 1 amide bonds. The quantitative estimate of drug-likeness (QED) is 0.794. The van der Waals surface area contributed by atoms with Crippen molar-refractivity contribution in [1.29, 1.82) is 0 Å². The molecular formula is C19H22FNO4. The molecule has 2 aromatic rings. The second-order valence-electron chi connectivity index (χ2n) is 5.43. The van der Waals surface area contributed by atoms with E-state index >= 15 is 0 Å². The van der Waals surface area contributed by atoms with E-state index in [1.165, 1.54) is 12.1 Å². The lowest BCUT2D eigenvalue weighted by Crippen LogP contribution is -2.28. The van der Waals surface area contributed by atoms with Gasteiger partial charge in [-0.15, -0.1) is 0 Å². The SMILES string of the molecule is COc1ccc(OC)c(C(C)NC(=O)CCOc2ccccc2F)c1. The van der Waals surface area contributed by atoms with Crippen LogP contribution in [0.3, 0.4) is 0 Å². The summed E-state index contributed by atoms with van der Waals surface area (Å²) in [7, 11) is 3.15. The van der Waals surface area contributed by atoms with Crippen molar-refractivity contribution in [2.45, 2.75) is 19.4 Å². The van der Waals surface area contributed by atoms with Gasteiger partial charge in [0.2, 0.25) is 5.91 Å². The summed E-state index contributed by atoms with van der Waals surface area (Å²) in [5.74, 6) is 0.833. The molecule has 6 heteroatoms. The van der Waals surface area contributed by atoms with E-state index in [1.807, 2.05) is 13.0 Å². The van der Waals surface area contributed by atoms with Crippen molar-refractivity contribution < 1.29 is 23.4 Å². The molecule has 25 heavy (non-hydrogen) atoms. The summed E-state index contributed by atoms with van der Waals surface area (Å²) >= 11 is 0. The van der Waals surface area contributed by atoms with Crippen molar-refractivity contribution in [3.8, 4) is 17.2 Å². The minimum atomic E-state index is -0.447. The average Bonchev–Trinajstić information content (AvgIpc) is 2.62. The predicted molar refractivity (Wildman–Crippen MR) is 92.6 cm³/mol. The molecule has 0 heterocycles. The monoisotopic (exact) mass is 347 g/mol. The number of carbonyl (C=O) groups is 1. The third kappa shape index (κ3) is 5.11. The van der Waals surface area contributed by atoms with Crippen molar-refractivity contribution in [3.63, 3.8) is 0 Å². The van der Waals surface area contributed by atoms with E-state index in [-0.39, 0.29) is 30.7 Å². The first-order valence-electron chi connectivity index (χ1n) is 7.93. The highest BCUT2D eigenvalue weighted by Crippen LogP contribution is 2.29. The number of benzene rings is 2. The summed E-state index contributed by atoms with van der Waals surface area (Å²) in [6.07, 6.45) is 0.116. The van der Waals surface area contributed by atoms with Crippen LogP contribution in [0.1, 0.15) is 24.9 Å². The van der Waals surface area contributed by atoms with E-state index in [0.717, 1.165) is 5.56 Å². The van der Waals surface area contributed by atoms with E-state index in [0.29, 0.717) is 11.5 Å². The smallest absolute Gasteiger partial charge is 0.223 e. The van der Waals surface area contributed by atoms with Gasteiger partial charge in [-0.1, -0.05) is 12.1 Å². The summed E-state index contributed by atoms with van der Waals surface area (Å²) in [6.45, 7) is 1.95. The Labute approximate surface area is 146 Å². The largest absolute Gasteiger partial charge is 0.497 e. The van der Waals surface area contributed by atoms with Gasteiger partial charge in [0.25, 0.3) is 0 Å². The fourth-order valence-electron chi connectivity index (χ4n) is 2.38. The number of amides is 1. The first-order valence-corrected chi connectivity index (χ1v) is 7.93. The Morgan fingerprint density at radius 3 is 2.56 bits per heavy atom. The molecular weight excluding hydrogens is 325 g/mol. The molecule has 0 saturated carbocycles. The molecule has 1 N–H and O–H groups in total. The van der Waals surface area contributed by atoms with Crippen LogP contribution in [0.15, 0.2) is 42.5 Å². The summed E-state index contributed by atoms with van der Waals surface area (Å²) in [6, 6.07) is 11.2. The van der Waals surface area contributed by atoms with Gasteiger partial charge in [-0.3, -0.25) is 4.79 Å². The van der Waals surface area contributed by atoms with E-state index in [1.54, 1.807) is 38.5 Å². The predicted octanol–water partition coefficient (Wildman–Crippen LogP) is 3.49. The number of rotatable bonds is 8. The highest BCUT2D eigenvalue weighted by molar-refractivity contribution is 5.76. The van der Waals surface area contributed by atoms with Crippen LogP contribution in [0, 0.1) is 5.82 Å². The van der Waals surface area contributed by atoms with Gasteiger partial charge in [0.05, 0.1) is 33.3 Å². The average molecular weight is 347 g/mol. The van der Waals surface area contributed by atoms with Gasteiger partial charge in [0, 0.05) is 5.56 Å². The minimum absolute atomic E-state index is 0.0920. The summed E-state index contributed by atoms with van der Waals surface area (Å²) in [4.78, 5) is 12.1. The number of carbonyl (C=O) groups excluding carboxylic acids is 1. The molecule has 5 nitrogen and oxygen atoms in total. The zero-order valence-corrected chi connectivity index (χ0v) is 14.5. The number of methoxy groups -OCH3 is 2. The van der Waals surface area contributed by atoms with Gasteiger partial charge in [-0.05, 0) is 37.3 Å². The maximum Gasteiger partial charge on any atom is 0.223 e. The van der Waals surface area contributed by atoms with E-state index < -0.39 is 5.82 Å². The zero-order chi connectivity index (χ0) is 18.2. The lowest BCUT2D eigenvalue weighted by Gasteiger charge is -2.18. The summed E-state index contributed by atoms with van der Waals surface area (Å²) in [5.41, 5.74) is 0.810. The van der Waals surface area contributed by atoms with Gasteiger partial charge in [0.1, 0.15) is 11.5 Å². The Morgan fingerprint density at radius 2 is 1.88 bits per heavy atom. The molecule has 0 aliphatic rings. The fraction of sp³-hybridized carbons (Fsp3) is 0.316. The molecule has 0 radical (unpaired) electrons. The standard InChI is InChI=1S/C19H22FNO4/c1-13(15-12-14(23-2)8-9-17(15)24-3)21-19(22)10-11-25-18-7-5-4-6-16(18)20/h4-9,12-13H,10-11H2,1-3H3,(H,21,22). The third-order valence-corrected chi connectivity index (χ3v) is 3.70. The molecule has 0 saturated heterocycles. The molecule has 134 valence electrons. The maximum atomic E-state index is 13.4. The Balaban J connectivity index is 1.91. The molecule has 0 aliphatic carbocycles. The van der Waals surface area contributed by atoms with Gasteiger partial charge in [-0.25, -0.2) is 4.39 Å². The molecule has 0 fully saturated rings. The van der Waals surface area contributed by atoms with Crippen molar-refractivity contribution in [2.75, 3.05) is 20.8 Å². The van der Waals surface area contributed by atoms with E-state index in [9.17, 15) is 9.18 Å². The van der Waals surface area contributed by atoms with Crippen molar-refractivity contribution in [3.05, 3.63) is 53.8 Å². The molecule has 2 rings (SSSR count). The molecule has 1 unspecified atom stereocenters. The maximum absolute atomic E-state index is 13.4. The van der Waals surface area contributed by atoms with Crippen LogP contribution < -0.4 is 19.5 Å². The van der Waals surface area contributed by atoms with Crippen LogP contribution in [0.5, 0.6) is 17.2 Å². The number of hydrogen-bond acceptors (Lipinski definition) is 4. The molecule has 1 atom stereocenters. The van der Waals surface area contributed by atoms with Crippen LogP contribution in [-0.2, 0) is 4.79 Å². The topological polar surface area (TPSA) is 56.8 Å². The lowest BCUT2D eigenvalue weighted by molar-refractivity contribution is -0.122. The number of hydrogen-bond donors (Lipinski definition) is 1. The highest BCUT2D eigenvalue weighted by atomic mass is 19.1. The molecule has 0 aliphatic heterocycles. The van der Waals surface area contributed by atoms with Crippen molar-refractivity contribution >= 4 is 5.91 Å². The fourth-order valence-corrected chi connectivity index (χ4v) is 2.38. The van der Waals surface area contributed by atoms with E-state index in [4.69, 9.17) is 14.2 Å². The lowest BCUT2D eigenvalue weighted by atomic mass is 10.1. The van der Waals surface area contributed by atoms with Crippen LogP contribution in [0.4, 0.5) is 4.39 Å². The second kappa shape index (κ2) is 8.92.